The Kier molecular flexibility index (Phi) is 3.36. The molecule has 94 valence electrons. The van der Waals surface area contributed by atoms with Crippen molar-refractivity contribution in [2.24, 2.45) is 0 Å². The molecule has 6 nitrogen and oxygen atoms in total. The largest absolute Gasteiger partial charge is 0.313 e. The second-order valence-electron chi connectivity index (χ2n) is 4.13. The van der Waals surface area contributed by atoms with Crippen molar-refractivity contribution in [3.8, 4) is 11.4 Å². The Labute approximate surface area is 104 Å². The van der Waals surface area contributed by atoms with E-state index in [1.165, 1.54) is 6.07 Å². The van der Waals surface area contributed by atoms with Crippen LogP contribution in [0.15, 0.2) is 24.5 Å². The van der Waals surface area contributed by atoms with Crippen molar-refractivity contribution in [1.29, 1.82) is 0 Å². The summed E-state index contributed by atoms with van der Waals surface area (Å²) in [5.41, 5.74) is 1.54. The number of benzene rings is 1. The predicted octanol–water partition coefficient (Wildman–Crippen LogP) is 2.57. The summed E-state index contributed by atoms with van der Waals surface area (Å²) in [7, 11) is 0. The average Bonchev–Trinajstić information content (AvgIpc) is 2.77. The van der Waals surface area contributed by atoms with Crippen LogP contribution in [0.2, 0.25) is 0 Å². The van der Waals surface area contributed by atoms with Gasteiger partial charge in [0, 0.05) is 12.6 Å². The first-order valence-corrected chi connectivity index (χ1v) is 5.76. The molecule has 0 aliphatic heterocycles. The molecule has 0 saturated heterocycles. The number of aromatic nitrogens is 3. The van der Waals surface area contributed by atoms with Gasteiger partial charge in [0.1, 0.15) is 6.33 Å². The molecule has 1 aromatic carbocycles. The van der Waals surface area contributed by atoms with Gasteiger partial charge in [-0.3, -0.25) is 10.1 Å². The van der Waals surface area contributed by atoms with E-state index in [9.17, 15) is 10.1 Å². The summed E-state index contributed by atoms with van der Waals surface area (Å²) in [4.78, 5) is 10.7. The van der Waals surface area contributed by atoms with E-state index in [0.29, 0.717) is 11.4 Å². The van der Waals surface area contributed by atoms with E-state index >= 15 is 0 Å². The summed E-state index contributed by atoms with van der Waals surface area (Å²) in [6.07, 6.45) is 2.52. The highest BCUT2D eigenvalue weighted by molar-refractivity contribution is 5.68. The minimum absolute atomic E-state index is 0.0611. The molecule has 0 bridgehead atoms. The molecule has 0 atom stereocenters. The average molecular weight is 246 g/mol. The van der Waals surface area contributed by atoms with Crippen molar-refractivity contribution in [2.45, 2.75) is 26.8 Å². The minimum Gasteiger partial charge on any atom is -0.313 e. The van der Waals surface area contributed by atoms with Crippen molar-refractivity contribution in [3.63, 3.8) is 0 Å². The fraction of sp³-hybridized carbons (Fsp3) is 0.333. The maximum absolute atomic E-state index is 11.0. The number of nitro benzene ring substituents is 1. The van der Waals surface area contributed by atoms with Gasteiger partial charge in [0.25, 0.3) is 5.69 Å². The van der Waals surface area contributed by atoms with Crippen LogP contribution in [0.3, 0.4) is 0 Å². The SMILES string of the molecule is CCCn1cnnc1-c1cc(C)ccc1[N+](=O)[O-]. The Morgan fingerprint density at radius 1 is 1.44 bits per heavy atom. The van der Waals surface area contributed by atoms with Gasteiger partial charge in [-0.1, -0.05) is 13.0 Å². The van der Waals surface area contributed by atoms with Gasteiger partial charge >= 0.3 is 0 Å². The lowest BCUT2D eigenvalue weighted by molar-refractivity contribution is -0.384. The van der Waals surface area contributed by atoms with Crippen LogP contribution in [0.25, 0.3) is 11.4 Å². The zero-order chi connectivity index (χ0) is 13.1. The highest BCUT2D eigenvalue weighted by atomic mass is 16.6. The smallest absolute Gasteiger partial charge is 0.280 e. The van der Waals surface area contributed by atoms with Crippen molar-refractivity contribution in [2.75, 3.05) is 0 Å². The molecule has 0 amide bonds. The third kappa shape index (κ3) is 2.22. The first kappa shape index (κ1) is 12.2. The fourth-order valence-corrected chi connectivity index (χ4v) is 1.86. The molecule has 0 aliphatic rings. The molecule has 1 heterocycles. The summed E-state index contributed by atoms with van der Waals surface area (Å²) in [5.74, 6) is 0.548. The first-order valence-electron chi connectivity index (χ1n) is 5.76. The van der Waals surface area contributed by atoms with Crippen molar-refractivity contribution < 1.29 is 4.92 Å². The normalized spacial score (nSPS) is 10.6. The highest BCUT2D eigenvalue weighted by Gasteiger charge is 2.19. The van der Waals surface area contributed by atoms with E-state index in [4.69, 9.17) is 0 Å². The molecule has 2 rings (SSSR count). The quantitative estimate of drug-likeness (QED) is 0.613. The van der Waals surface area contributed by atoms with E-state index in [0.717, 1.165) is 18.5 Å². The van der Waals surface area contributed by atoms with Gasteiger partial charge in [-0.25, -0.2) is 0 Å². The molecule has 18 heavy (non-hydrogen) atoms. The Bertz CT molecular complexity index is 577. The summed E-state index contributed by atoms with van der Waals surface area (Å²) < 4.78 is 1.84. The first-order chi connectivity index (χ1) is 8.63. The van der Waals surface area contributed by atoms with Gasteiger partial charge in [-0.05, 0) is 25.0 Å². The molecular weight excluding hydrogens is 232 g/mol. The maximum atomic E-state index is 11.0. The van der Waals surface area contributed by atoms with Crippen LogP contribution in [0, 0.1) is 17.0 Å². The second kappa shape index (κ2) is 4.95. The number of rotatable bonds is 4. The van der Waals surface area contributed by atoms with Crippen LogP contribution in [0.5, 0.6) is 0 Å². The molecular formula is C12H14N4O2. The van der Waals surface area contributed by atoms with Gasteiger partial charge in [-0.15, -0.1) is 10.2 Å². The lowest BCUT2D eigenvalue weighted by Crippen LogP contribution is -2.01. The molecule has 1 aromatic heterocycles. The maximum Gasteiger partial charge on any atom is 0.280 e. The van der Waals surface area contributed by atoms with Crippen molar-refractivity contribution in [1.82, 2.24) is 14.8 Å². The number of hydrogen-bond donors (Lipinski definition) is 0. The Morgan fingerprint density at radius 3 is 2.89 bits per heavy atom. The van der Waals surface area contributed by atoms with Crippen LogP contribution in [0.1, 0.15) is 18.9 Å². The zero-order valence-corrected chi connectivity index (χ0v) is 10.3. The second-order valence-corrected chi connectivity index (χ2v) is 4.13. The van der Waals surface area contributed by atoms with Gasteiger partial charge < -0.3 is 4.57 Å². The summed E-state index contributed by atoms with van der Waals surface area (Å²) >= 11 is 0. The Morgan fingerprint density at radius 2 is 2.22 bits per heavy atom. The molecule has 2 aromatic rings. The Balaban J connectivity index is 2.58. The van der Waals surface area contributed by atoms with Gasteiger partial charge in [-0.2, -0.15) is 0 Å². The van der Waals surface area contributed by atoms with E-state index in [1.807, 2.05) is 18.4 Å². The molecule has 0 saturated carbocycles. The van der Waals surface area contributed by atoms with Crippen LogP contribution in [0.4, 0.5) is 5.69 Å². The van der Waals surface area contributed by atoms with Gasteiger partial charge in [0.05, 0.1) is 10.5 Å². The predicted molar refractivity (Wildman–Crippen MR) is 67.1 cm³/mol. The van der Waals surface area contributed by atoms with Crippen LogP contribution >= 0.6 is 0 Å². The molecule has 0 aliphatic carbocycles. The van der Waals surface area contributed by atoms with Crippen LogP contribution in [-0.4, -0.2) is 19.7 Å². The molecule has 0 fully saturated rings. The third-order valence-corrected chi connectivity index (χ3v) is 2.67. The highest BCUT2D eigenvalue weighted by Crippen LogP contribution is 2.29. The molecule has 0 radical (unpaired) electrons. The van der Waals surface area contributed by atoms with E-state index < -0.39 is 0 Å². The fourth-order valence-electron chi connectivity index (χ4n) is 1.86. The monoisotopic (exact) mass is 246 g/mol. The molecule has 6 heteroatoms. The lowest BCUT2D eigenvalue weighted by Gasteiger charge is -2.06. The number of nitro groups is 1. The molecule has 0 spiro atoms. The third-order valence-electron chi connectivity index (χ3n) is 2.67. The van der Waals surface area contributed by atoms with Gasteiger partial charge in [0.2, 0.25) is 0 Å². The van der Waals surface area contributed by atoms with E-state index in [1.54, 1.807) is 18.5 Å². The minimum atomic E-state index is -0.389. The number of hydrogen-bond acceptors (Lipinski definition) is 4. The molecule has 0 unspecified atom stereocenters. The standard InChI is InChI=1S/C12H14N4O2/c1-3-6-15-8-13-14-12(15)10-7-9(2)4-5-11(10)16(17)18/h4-5,7-8H,3,6H2,1-2H3. The Hall–Kier alpha value is -2.24. The zero-order valence-electron chi connectivity index (χ0n) is 10.3. The topological polar surface area (TPSA) is 73.8 Å². The summed E-state index contributed by atoms with van der Waals surface area (Å²) in [6.45, 7) is 4.68. The molecule has 0 N–H and O–H groups in total. The van der Waals surface area contributed by atoms with E-state index in [2.05, 4.69) is 10.2 Å². The summed E-state index contributed by atoms with van der Waals surface area (Å²) in [5, 5.41) is 18.9. The summed E-state index contributed by atoms with van der Waals surface area (Å²) in [6, 6.07) is 5.01. The number of nitrogens with zero attached hydrogens (tertiary/aromatic N) is 4. The van der Waals surface area contributed by atoms with E-state index in [-0.39, 0.29) is 10.6 Å². The van der Waals surface area contributed by atoms with Gasteiger partial charge in [0.15, 0.2) is 5.82 Å². The van der Waals surface area contributed by atoms with Crippen molar-refractivity contribution >= 4 is 5.69 Å². The number of aryl methyl sites for hydroxylation is 2. The van der Waals surface area contributed by atoms with Crippen molar-refractivity contribution in [3.05, 3.63) is 40.2 Å². The van der Waals surface area contributed by atoms with Crippen LogP contribution < -0.4 is 0 Å². The van der Waals surface area contributed by atoms with Crippen LogP contribution in [-0.2, 0) is 6.54 Å². The lowest BCUT2D eigenvalue weighted by atomic mass is 10.1.